The van der Waals surface area contributed by atoms with Crippen LogP contribution in [-0.2, 0) is 78.0 Å². The number of nitrogens with zero attached hydrogens (tertiary/aromatic N) is 7. The molecule has 4 aromatic rings. The topological polar surface area (TPSA) is 244 Å². The molecule has 0 spiro atoms. The number of halogens is 1. The van der Waals surface area contributed by atoms with Crippen molar-refractivity contribution >= 4 is 93.4 Å². The molecule has 67 heavy (non-hydrogen) atoms. The highest BCUT2D eigenvalue weighted by atomic mass is 32.5. The van der Waals surface area contributed by atoms with Crippen molar-refractivity contribution in [2.45, 2.75) is 152 Å². The highest BCUT2D eigenvalue weighted by molar-refractivity contribution is 8.07. The first-order valence-electron chi connectivity index (χ1n) is 22.6. The van der Waals surface area contributed by atoms with Crippen molar-refractivity contribution in [3.05, 3.63) is 30.1 Å². The minimum absolute atomic E-state index is 0.0144. The van der Waals surface area contributed by atoms with Gasteiger partial charge in [-0.25, -0.2) is 19.3 Å². The van der Waals surface area contributed by atoms with Gasteiger partial charge >= 0.3 is 19.4 Å². The zero-order valence-electron chi connectivity index (χ0n) is 39.0. The predicted octanol–water partition coefficient (Wildman–Crippen LogP) is 6.58. The van der Waals surface area contributed by atoms with Crippen LogP contribution >= 0.6 is 13.4 Å². The Morgan fingerprint density at radius 1 is 0.955 bits per heavy atom. The van der Waals surface area contributed by atoms with Gasteiger partial charge in [0.2, 0.25) is 5.95 Å². The lowest BCUT2D eigenvalue weighted by Gasteiger charge is -2.41. The van der Waals surface area contributed by atoms with E-state index in [0.29, 0.717) is 25.2 Å². The van der Waals surface area contributed by atoms with Crippen LogP contribution in [0.1, 0.15) is 70.2 Å². The lowest BCUT2D eigenvalue weighted by Crippen LogP contribution is -2.49. The summed E-state index contributed by atoms with van der Waals surface area (Å²) in [4.78, 5) is 58.5. The Morgan fingerprint density at radius 3 is 2.36 bits per heavy atom. The van der Waals surface area contributed by atoms with Crippen molar-refractivity contribution in [1.29, 1.82) is 0 Å². The van der Waals surface area contributed by atoms with Gasteiger partial charge in [0.1, 0.15) is 48.0 Å². The molecular formula is C40H62FN9O11P2S2Si2. The highest BCUT2D eigenvalue weighted by Gasteiger charge is 2.56. The summed E-state index contributed by atoms with van der Waals surface area (Å²) < 4.78 is 69.9. The molecule has 4 aromatic heterocycles. The Kier molecular flexibility index (Phi) is 14.9. The van der Waals surface area contributed by atoms with Gasteiger partial charge in [-0.1, -0.05) is 40.4 Å². The number of rotatable bonds is 12. The van der Waals surface area contributed by atoms with Gasteiger partial charge < -0.3 is 53.1 Å². The van der Waals surface area contributed by atoms with Crippen molar-refractivity contribution < 1.29 is 55.7 Å². The number of alkyl halides is 1. The molecule has 3 fully saturated rings. The predicted molar refractivity (Wildman–Crippen MR) is 260 cm³/mol. The smallest absolute Gasteiger partial charge is 0.325 e. The molecule has 4 aliphatic rings. The minimum Gasteiger partial charge on any atom is -0.466 e. The van der Waals surface area contributed by atoms with E-state index in [1.165, 1.54) is 10.9 Å². The van der Waals surface area contributed by atoms with Crippen molar-refractivity contribution in [1.82, 2.24) is 34.1 Å². The number of aromatic nitrogens is 7. The van der Waals surface area contributed by atoms with E-state index in [4.69, 9.17) is 71.1 Å². The van der Waals surface area contributed by atoms with Gasteiger partial charge in [-0.15, -0.1) is 0 Å². The van der Waals surface area contributed by atoms with E-state index in [2.05, 4.69) is 78.8 Å². The van der Waals surface area contributed by atoms with E-state index in [0.717, 1.165) is 48.4 Å². The van der Waals surface area contributed by atoms with Crippen LogP contribution in [0, 0.1) is 0 Å². The zero-order valence-corrected chi connectivity index (χ0v) is 44.4. The number of carbonyl (C=O) groups excluding carboxylic acids is 1. The van der Waals surface area contributed by atoms with Crippen LogP contribution in [0.4, 0.5) is 16.2 Å². The van der Waals surface area contributed by atoms with Crippen LogP contribution in [0.5, 0.6) is 0 Å². The number of fused-ring (bicyclic) bond motifs is 4. The molecule has 0 radical (unpaired) electrons. The van der Waals surface area contributed by atoms with Crippen LogP contribution in [0.2, 0.25) is 43.8 Å². The Bertz CT molecular complexity index is 2570. The first kappa shape index (κ1) is 50.9. The lowest BCUT2D eigenvalue weighted by molar-refractivity contribution is -0.143. The molecule has 10 atom stereocenters. The maximum atomic E-state index is 16.7. The fraction of sp³-hybridized carbons (Fsp3) is 0.700. The number of hydrogen-bond acceptors (Lipinski definition) is 18. The summed E-state index contributed by atoms with van der Waals surface area (Å²) >= 11 is 11.2. The monoisotopic (exact) mass is 1050 g/mol. The first-order chi connectivity index (χ1) is 31.4. The van der Waals surface area contributed by atoms with Gasteiger partial charge in [-0.2, -0.15) is 9.97 Å². The Balaban J connectivity index is 1.06. The van der Waals surface area contributed by atoms with E-state index < -0.39 is 92.2 Å². The third-order valence-electron chi connectivity index (χ3n) is 12.9. The van der Waals surface area contributed by atoms with Crippen molar-refractivity contribution in [3.63, 3.8) is 0 Å². The minimum atomic E-state index is -4.34. The third-order valence-corrected chi connectivity index (χ3v) is 22.2. The number of nitrogens with two attached hydrogens (primary N) is 1. The second-order valence-corrected chi connectivity index (χ2v) is 36.2. The molecule has 27 heteroatoms. The number of anilines is 2. The molecule has 8 rings (SSSR count). The maximum absolute atomic E-state index is 16.7. The van der Waals surface area contributed by atoms with Gasteiger partial charge in [0.25, 0.3) is 0 Å². The van der Waals surface area contributed by atoms with Crippen molar-refractivity contribution in [2.75, 3.05) is 37.4 Å². The van der Waals surface area contributed by atoms with Gasteiger partial charge in [-0.05, 0) is 85.5 Å². The second-order valence-electron chi connectivity index (χ2n) is 20.2. The number of carbonyl (C=O) groups is 1. The van der Waals surface area contributed by atoms with Gasteiger partial charge in [0.15, 0.2) is 38.4 Å². The van der Waals surface area contributed by atoms with Crippen LogP contribution in [0.25, 0.3) is 22.2 Å². The molecule has 3 aliphatic heterocycles. The average Bonchev–Trinajstić information content (AvgIpc) is 3.94. The maximum Gasteiger partial charge on any atom is 0.325 e. The van der Waals surface area contributed by atoms with Gasteiger partial charge in [0, 0.05) is 32.6 Å². The number of aryl methyl sites for hydroxylation is 2. The standard InChI is InChI=1S/C40H62FN9O11P2S2Si2/c1-40(2,3)67(7,8)61-33-31-26(58-38(33)49-18-23-12-9-10-13-24-28(23)35(49)45-21-44-24)20-56-63(53,65)60-32-29(41)25(19-55-62(52,64)59-31)57-37(32)50-22-46-30-34(42)47-39(48-36(30)50)43-15-11-14-27(51)54-16-17-66(4,5)6/h18,21-22,25-26,29,31-33,37-38H,9-17,19-20H2,1-8H3,(H,52,64)(H,53,65)(H3,42,43,47,48)/t25-,26-,29-,31-,32-,33-,37-,38-,62?,63?/m1/s1. The number of nitrogen functional groups attached to an aromatic ring is 1. The number of imidazole rings is 1. The van der Waals surface area contributed by atoms with Crippen LogP contribution in [0.15, 0.2) is 18.9 Å². The van der Waals surface area contributed by atoms with Gasteiger partial charge in [-0.3, -0.25) is 18.4 Å². The summed E-state index contributed by atoms with van der Waals surface area (Å²) in [6.07, 6.45) is -1.31. The van der Waals surface area contributed by atoms with Gasteiger partial charge in [0.05, 0.1) is 31.8 Å². The van der Waals surface area contributed by atoms with E-state index in [1.54, 1.807) is 6.33 Å². The molecule has 0 saturated carbocycles. The van der Waals surface area contributed by atoms with E-state index in [9.17, 15) is 14.6 Å². The quantitative estimate of drug-likeness (QED) is 0.0507. The molecule has 20 nitrogen and oxygen atoms in total. The highest BCUT2D eigenvalue weighted by Crippen LogP contribution is 2.56. The zero-order chi connectivity index (χ0) is 48.3. The normalized spacial score (nSPS) is 30.9. The second kappa shape index (κ2) is 19.6. The van der Waals surface area contributed by atoms with E-state index in [-0.39, 0.29) is 40.4 Å². The molecule has 0 amide bonds. The number of ether oxygens (including phenoxy) is 3. The molecule has 2 unspecified atom stereocenters. The molecular weight excluding hydrogens is 984 g/mol. The summed E-state index contributed by atoms with van der Waals surface area (Å²) in [5.41, 5.74) is 9.31. The third kappa shape index (κ3) is 11.4. The number of hydrogen-bond donors (Lipinski definition) is 4. The Hall–Kier alpha value is -2.46. The molecule has 370 valence electrons. The Morgan fingerprint density at radius 2 is 1.64 bits per heavy atom. The van der Waals surface area contributed by atoms with E-state index in [1.807, 2.05) is 10.8 Å². The molecule has 3 saturated heterocycles. The molecule has 1 aliphatic carbocycles. The fourth-order valence-corrected chi connectivity index (χ4v) is 13.1. The summed E-state index contributed by atoms with van der Waals surface area (Å²) in [7, 11) is -3.98. The van der Waals surface area contributed by atoms with E-state index >= 15 is 4.39 Å². The summed E-state index contributed by atoms with van der Waals surface area (Å²) in [5.74, 6) is -0.165. The van der Waals surface area contributed by atoms with Crippen LogP contribution in [0.3, 0.4) is 0 Å². The van der Waals surface area contributed by atoms with Crippen LogP contribution < -0.4 is 11.1 Å². The number of esters is 1. The summed E-state index contributed by atoms with van der Waals surface area (Å²) in [6.45, 7) is 8.21. The Labute approximate surface area is 401 Å². The number of nitrogens with one attached hydrogen (secondary N) is 1. The van der Waals surface area contributed by atoms with Crippen molar-refractivity contribution in [3.8, 4) is 0 Å². The first-order valence-corrected chi connectivity index (χ1v) is 34.4. The largest absolute Gasteiger partial charge is 0.466 e. The van der Waals surface area contributed by atoms with Crippen LogP contribution in [-0.4, -0.2) is 129 Å². The fourth-order valence-electron chi connectivity index (χ4n) is 8.30. The average molecular weight is 1050 g/mol. The molecule has 7 heterocycles. The SMILES string of the molecule is CC(C)(C)[Si](C)(C)O[C@@H]1[C@@H]2OP(O)(=S)OC[C@H]3O[C@@H](n4cnc5c(N)nc(NCCCC(=O)OCC[Si](C)(C)C)nc54)[C@H](OP(O)(=S)OC[C@H]2O[C@H]1n1cc2c4c(ncnc41)CCCC2)[C@@H]3F. The molecule has 5 N–H and O–H groups in total. The molecule has 0 aromatic carbocycles. The molecule has 2 bridgehead atoms. The summed E-state index contributed by atoms with van der Waals surface area (Å²) in [5, 5.41) is 3.77. The lowest BCUT2D eigenvalue weighted by atomic mass is 10.1. The van der Waals surface area contributed by atoms with Crippen molar-refractivity contribution in [2.24, 2.45) is 0 Å². The summed E-state index contributed by atoms with van der Waals surface area (Å²) in [6, 6.07) is 0.882.